The first-order valence-electron chi connectivity index (χ1n) is 15.8. The van der Waals surface area contributed by atoms with E-state index in [-0.39, 0.29) is 35.5 Å². The molecule has 1 fully saturated rings. The Bertz CT molecular complexity index is 1740. The first kappa shape index (κ1) is 33.8. The van der Waals surface area contributed by atoms with Crippen LogP contribution in [0.5, 0.6) is 0 Å². The summed E-state index contributed by atoms with van der Waals surface area (Å²) in [6.45, 7) is 1.10. The summed E-state index contributed by atoms with van der Waals surface area (Å²) >= 11 is 0. The van der Waals surface area contributed by atoms with Crippen molar-refractivity contribution in [3.8, 4) is 0 Å². The minimum atomic E-state index is -4.31. The quantitative estimate of drug-likeness (QED) is 0.187. The van der Waals surface area contributed by atoms with E-state index >= 15 is 0 Å². The number of nitrogens with one attached hydrogen (secondary N) is 1. The second kappa shape index (κ2) is 15.3. The summed E-state index contributed by atoms with van der Waals surface area (Å²) in [5, 5.41) is 3.16. The summed E-state index contributed by atoms with van der Waals surface area (Å²) < 4.78 is 56.9. The number of hydrogen-bond acceptors (Lipinski definition) is 4. The van der Waals surface area contributed by atoms with E-state index in [0.717, 1.165) is 59.7 Å². The molecule has 4 aromatic rings. The molecule has 0 heterocycles. The van der Waals surface area contributed by atoms with Crippen molar-refractivity contribution in [3.63, 3.8) is 0 Å². The largest absolute Gasteiger partial charge is 0.352 e. The third kappa shape index (κ3) is 8.83. The maximum Gasteiger partial charge on any atom is 0.264 e. The molecule has 0 radical (unpaired) electrons. The number of aryl methyl sites for hydroxylation is 1. The van der Waals surface area contributed by atoms with Crippen LogP contribution in [0.4, 0.5) is 14.5 Å². The van der Waals surface area contributed by atoms with Crippen LogP contribution in [0.1, 0.15) is 48.8 Å². The Morgan fingerprint density at radius 1 is 0.787 bits per heavy atom. The average molecular weight is 660 g/mol. The number of amides is 2. The lowest BCUT2D eigenvalue weighted by atomic mass is 9.94. The molecule has 7 nitrogen and oxygen atoms in total. The van der Waals surface area contributed by atoms with Crippen LogP contribution in [0.15, 0.2) is 108 Å². The number of nitrogens with zero attached hydrogens (tertiary/aromatic N) is 2. The number of benzene rings is 4. The molecule has 1 N–H and O–H groups in total. The third-order valence-electron chi connectivity index (χ3n) is 8.49. The maximum atomic E-state index is 14.5. The highest BCUT2D eigenvalue weighted by Crippen LogP contribution is 2.26. The van der Waals surface area contributed by atoms with Gasteiger partial charge in [-0.1, -0.05) is 79.4 Å². The second-order valence-electron chi connectivity index (χ2n) is 12.0. The Balaban J connectivity index is 1.55. The van der Waals surface area contributed by atoms with E-state index in [1.807, 2.05) is 37.3 Å². The number of anilines is 1. The fourth-order valence-electron chi connectivity index (χ4n) is 5.86. The highest BCUT2D eigenvalue weighted by Gasteiger charge is 2.35. The Kier molecular flexibility index (Phi) is 11.0. The molecule has 1 saturated carbocycles. The Labute approximate surface area is 275 Å². The van der Waals surface area contributed by atoms with Crippen molar-refractivity contribution in [2.75, 3.05) is 10.8 Å². The van der Waals surface area contributed by atoms with E-state index in [1.54, 1.807) is 12.1 Å². The van der Waals surface area contributed by atoms with Crippen molar-refractivity contribution in [1.29, 1.82) is 0 Å². The molecule has 10 heteroatoms. The molecule has 0 aromatic heterocycles. The molecule has 5 rings (SSSR count). The molecule has 0 saturated heterocycles. The van der Waals surface area contributed by atoms with E-state index in [1.165, 1.54) is 53.4 Å². The zero-order valence-corrected chi connectivity index (χ0v) is 27.1. The molecule has 47 heavy (non-hydrogen) atoms. The molecule has 0 aliphatic heterocycles. The van der Waals surface area contributed by atoms with E-state index in [9.17, 15) is 26.8 Å². The maximum absolute atomic E-state index is 14.5. The van der Waals surface area contributed by atoms with Gasteiger partial charge in [-0.15, -0.1) is 0 Å². The van der Waals surface area contributed by atoms with Crippen LogP contribution in [0.25, 0.3) is 0 Å². The van der Waals surface area contributed by atoms with Gasteiger partial charge in [0.2, 0.25) is 11.8 Å². The smallest absolute Gasteiger partial charge is 0.264 e. The van der Waals surface area contributed by atoms with Crippen molar-refractivity contribution in [1.82, 2.24) is 10.2 Å². The molecule has 1 aliphatic carbocycles. The molecular weight excluding hydrogens is 620 g/mol. The lowest BCUT2D eigenvalue weighted by Gasteiger charge is -2.35. The number of carbonyl (C=O) groups is 2. The normalized spacial score (nSPS) is 14.3. The lowest BCUT2D eigenvalue weighted by Crippen LogP contribution is -2.55. The van der Waals surface area contributed by atoms with E-state index < -0.39 is 40.2 Å². The first-order valence-corrected chi connectivity index (χ1v) is 17.3. The standard InChI is InChI=1S/C37H39F2N3O4S/c1-27-12-22-34(23-13-27)47(45,46)42(33-20-18-31(39)19-21-33)26-36(43)41(25-29-14-16-30(38)17-15-29)35(24-28-8-4-2-5-9-28)37(44)40-32-10-6-3-7-11-32/h2,4-5,8-9,12-23,32,35H,3,6-7,10-11,24-26H2,1H3,(H,40,44)/t35-/m1/s1. The summed E-state index contributed by atoms with van der Waals surface area (Å²) in [6, 6.07) is 25.0. The molecule has 246 valence electrons. The Morgan fingerprint density at radius 3 is 2.00 bits per heavy atom. The zero-order chi connectivity index (χ0) is 33.4. The fraction of sp³-hybridized carbons (Fsp3) is 0.297. The molecule has 1 aliphatic rings. The van der Waals surface area contributed by atoms with Gasteiger partial charge in [0.1, 0.15) is 24.2 Å². The molecule has 2 amide bonds. The molecule has 0 spiro atoms. The van der Waals surface area contributed by atoms with Crippen molar-refractivity contribution < 1.29 is 26.8 Å². The number of carbonyl (C=O) groups excluding carboxylic acids is 2. The SMILES string of the molecule is Cc1ccc(S(=O)(=O)N(CC(=O)N(Cc2ccc(F)cc2)[C@H](Cc2ccccc2)C(=O)NC2CCCCC2)c2ccc(F)cc2)cc1. The predicted octanol–water partition coefficient (Wildman–Crippen LogP) is 6.56. The van der Waals surface area contributed by atoms with Crippen LogP contribution >= 0.6 is 0 Å². The number of halogens is 2. The Hall–Kier alpha value is -4.57. The van der Waals surface area contributed by atoms with Gasteiger partial charge in [-0.05, 0) is 79.4 Å². The van der Waals surface area contributed by atoms with Crippen LogP contribution in [0.2, 0.25) is 0 Å². The Morgan fingerprint density at radius 2 is 1.38 bits per heavy atom. The van der Waals surface area contributed by atoms with Crippen LogP contribution < -0.4 is 9.62 Å². The first-order chi connectivity index (χ1) is 22.6. The topological polar surface area (TPSA) is 86.8 Å². The summed E-state index contributed by atoms with van der Waals surface area (Å²) in [7, 11) is -4.31. The average Bonchev–Trinajstić information content (AvgIpc) is 3.07. The van der Waals surface area contributed by atoms with Gasteiger partial charge in [0.05, 0.1) is 10.6 Å². The summed E-state index contributed by atoms with van der Waals surface area (Å²) in [4.78, 5) is 30.0. The number of sulfonamides is 1. The van der Waals surface area contributed by atoms with Crippen molar-refractivity contribution in [3.05, 3.63) is 131 Å². The van der Waals surface area contributed by atoms with Gasteiger partial charge in [-0.3, -0.25) is 13.9 Å². The third-order valence-corrected chi connectivity index (χ3v) is 10.3. The number of hydrogen-bond donors (Lipinski definition) is 1. The molecular formula is C37H39F2N3O4S. The van der Waals surface area contributed by atoms with Crippen molar-refractivity contribution in [2.24, 2.45) is 0 Å². The van der Waals surface area contributed by atoms with Crippen LogP contribution in [-0.4, -0.2) is 43.8 Å². The van der Waals surface area contributed by atoms with Crippen molar-refractivity contribution >= 4 is 27.5 Å². The van der Waals surface area contributed by atoms with Crippen LogP contribution in [0, 0.1) is 18.6 Å². The highest BCUT2D eigenvalue weighted by atomic mass is 32.2. The molecule has 4 aromatic carbocycles. The van der Waals surface area contributed by atoms with Gasteiger partial charge in [-0.2, -0.15) is 0 Å². The lowest BCUT2D eigenvalue weighted by molar-refractivity contribution is -0.140. The monoisotopic (exact) mass is 659 g/mol. The fourth-order valence-corrected chi connectivity index (χ4v) is 7.27. The van der Waals surface area contributed by atoms with Crippen LogP contribution in [0.3, 0.4) is 0 Å². The van der Waals surface area contributed by atoms with Gasteiger partial charge in [0.25, 0.3) is 10.0 Å². The minimum absolute atomic E-state index is 0.0325. The van der Waals surface area contributed by atoms with Gasteiger partial charge in [0.15, 0.2) is 0 Å². The summed E-state index contributed by atoms with van der Waals surface area (Å²) in [6.07, 6.45) is 4.94. The highest BCUT2D eigenvalue weighted by molar-refractivity contribution is 7.92. The minimum Gasteiger partial charge on any atom is -0.352 e. The van der Waals surface area contributed by atoms with Gasteiger partial charge in [0, 0.05) is 19.0 Å². The van der Waals surface area contributed by atoms with E-state index in [4.69, 9.17) is 0 Å². The molecule has 0 unspecified atom stereocenters. The van der Waals surface area contributed by atoms with Gasteiger partial charge in [-0.25, -0.2) is 17.2 Å². The van der Waals surface area contributed by atoms with Gasteiger partial charge < -0.3 is 10.2 Å². The van der Waals surface area contributed by atoms with E-state index in [2.05, 4.69) is 5.32 Å². The molecule has 0 bridgehead atoms. The van der Waals surface area contributed by atoms with Crippen molar-refractivity contribution in [2.45, 2.75) is 69.0 Å². The van der Waals surface area contributed by atoms with E-state index in [0.29, 0.717) is 5.56 Å². The summed E-state index contributed by atoms with van der Waals surface area (Å²) in [5.41, 5.74) is 2.33. The zero-order valence-electron chi connectivity index (χ0n) is 26.3. The van der Waals surface area contributed by atoms with Gasteiger partial charge >= 0.3 is 0 Å². The second-order valence-corrected chi connectivity index (χ2v) is 13.9. The van der Waals surface area contributed by atoms with Crippen LogP contribution in [-0.2, 0) is 32.6 Å². The summed E-state index contributed by atoms with van der Waals surface area (Å²) in [5.74, 6) is -2.00. The predicted molar refractivity (Wildman–Crippen MR) is 178 cm³/mol. The molecule has 1 atom stereocenters. The number of rotatable bonds is 12.